The Kier molecular flexibility index (Phi) is 7.09. The van der Waals surface area contributed by atoms with E-state index in [-0.39, 0.29) is 27.3 Å². The van der Waals surface area contributed by atoms with Gasteiger partial charge in [0.25, 0.3) is 5.91 Å². The van der Waals surface area contributed by atoms with E-state index < -0.39 is 35.1 Å². The molecular weight excluding hydrogens is 541 g/mol. The molecule has 2 aromatic heterocycles. The molecule has 4 rings (SSSR count). The fraction of sp³-hybridized carbons (Fsp3) is 0.0909. The number of nitrogens with zero attached hydrogens (tertiary/aromatic N) is 4. The number of phenols is 1. The molecule has 0 unspecified atom stereocenters. The van der Waals surface area contributed by atoms with Gasteiger partial charge in [-0.1, -0.05) is 23.2 Å². The standard InChI is InChI=1S/C22H15Cl2F4N7O2/c1-35-9-15(19(34-35)22(26,27)28)20(37)31-21(29-12-5-10(23)4-11(25)6-12)30-18-8-17(32-33-18)14-7-13(36)2-3-16(14)24/h2-9,36H,1H3,(H3,29,30,31,32,33,37). The highest BCUT2D eigenvalue weighted by molar-refractivity contribution is 6.33. The summed E-state index contributed by atoms with van der Waals surface area (Å²) in [5, 5.41) is 24.8. The molecule has 2 aromatic carbocycles. The van der Waals surface area contributed by atoms with Crippen LogP contribution in [0.25, 0.3) is 11.3 Å². The number of guanidine groups is 1. The average Bonchev–Trinajstić information content (AvgIpc) is 3.41. The summed E-state index contributed by atoms with van der Waals surface area (Å²) in [5.41, 5.74) is -1.41. The number of amides is 1. The number of aliphatic imine (C=N–C) groups is 1. The van der Waals surface area contributed by atoms with Crippen LogP contribution >= 0.6 is 23.2 Å². The maximum atomic E-state index is 13.8. The summed E-state index contributed by atoms with van der Waals surface area (Å²) in [5.74, 6) is -2.41. The molecule has 2 heterocycles. The van der Waals surface area contributed by atoms with Gasteiger partial charge in [0.1, 0.15) is 11.6 Å². The number of alkyl halides is 3. The van der Waals surface area contributed by atoms with E-state index in [0.29, 0.717) is 11.3 Å². The molecule has 0 aliphatic rings. The van der Waals surface area contributed by atoms with Crippen LogP contribution in [-0.4, -0.2) is 37.0 Å². The van der Waals surface area contributed by atoms with Gasteiger partial charge >= 0.3 is 6.18 Å². The predicted molar refractivity (Wildman–Crippen MR) is 129 cm³/mol. The van der Waals surface area contributed by atoms with Crippen LogP contribution in [0.4, 0.5) is 29.1 Å². The molecule has 1 amide bonds. The average molecular weight is 556 g/mol. The van der Waals surface area contributed by atoms with E-state index in [9.17, 15) is 27.5 Å². The first-order valence-electron chi connectivity index (χ1n) is 10.2. The number of carbonyl (C=O) groups is 1. The summed E-state index contributed by atoms with van der Waals surface area (Å²) in [6.07, 6.45) is -4.00. The maximum absolute atomic E-state index is 13.8. The van der Waals surface area contributed by atoms with Gasteiger partial charge in [-0.15, -0.1) is 0 Å². The number of anilines is 1. The molecule has 0 bridgehead atoms. The second kappa shape index (κ2) is 10.1. The Morgan fingerprint density at radius 1 is 1.16 bits per heavy atom. The maximum Gasteiger partial charge on any atom is 0.435 e. The molecule has 37 heavy (non-hydrogen) atoms. The summed E-state index contributed by atoms with van der Waals surface area (Å²) in [6, 6.07) is 8.99. The number of aromatic amines is 1. The molecule has 9 nitrogen and oxygen atoms in total. The normalized spacial score (nSPS) is 12.0. The van der Waals surface area contributed by atoms with Gasteiger partial charge < -0.3 is 10.4 Å². The van der Waals surface area contributed by atoms with Crippen molar-refractivity contribution in [1.29, 1.82) is 0 Å². The smallest absolute Gasteiger partial charge is 0.435 e. The molecule has 0 aliphatic heterocycles. The molecule has 0 spiro atoms. The van der Waals surface area contributed by atoms with Crippen LogP contribution in [0.5, 0.6) is 5.75 Å². The summed E-state index contributed by atoms with van der Waals surface area (Å²) >= 11 is 12.0. The van der Waals surface area contributed by atoms with Crippen molar-refractivity contribution in [2.45, 2.75) is 6.18 Å². The quantitative estimate of drug-likeness (QED) is 0.150. The zero-order valence-electron chi connectivity index (χ0n) is 18.5. The largest absolute Gasteiger partial charge is 0.508 e. The lowest BCUT2D eigenvalue weighted by atomic mass is 10.1. The fourth-order valence-electron chi connectivity index (χ4n) is 3.23. The number of nitrogens with one attached hydrogen (secondary N) is 3. The fourth-order valence-corrected chi connectivity index (χ4v) is 3.67. The number of H-pyrrole nitrogens is 1. The highest BCUT2D eigenvalue weighted by Crippen LogP contribution is 2.32. The SMILES string of the molecule is Cn1cc(C(=O)NC(=Nc2cc(-c3cc(O)ccc3Cl)[nH]n2)Nc2cc(F)cc(Cl)c2)c(C(F)(F)F)n1. The van der Waals surface area contributed by atoms with E-state index in [1.54, 1.807) is 0 Å². The summed E-state index contributed by atoms with van der Waals surface area (Å²) in [4.78, 5) is 16.9. The number of phenolic OH excluding ortho intramolecular Hbond substituents is 1. The van der Waals surface area contributed by atoms with Crippen LogP contribution in [0.2, 0.25) is 10.0 Å². The van der Waals surface area contributed by atoms with Crippen molar-refractivity contribution in [3.8, 4) is 17.0 Å². The lowest BCUT2D eigenvalue weighted by Gasteiger charge is -2.12. The van der Waals surface area contributed by atoms with Gasteiger partial charge in [-0.05, 0) is 36.4 Å². The number of halogens is 6. The minimum Gasteiger partial charge on any atom is -0.508 e. The number of aryl methyl sites for hydroxylation is 1. The van der Waals surface area contributed by atoms with Crippen LogP contribution in [-0.2, 0) is 13.2 Å². The van der Waals surface area contributed by atoms with Crippen molar-refractivity contribution in [3.63, 3.8) is 0 Å². The number of aromatic nitrogens is 4. The minimum absolute atomic E-state index is 0.0142. The van der Waals surface area contributed by atoms with Crippen molar-refractivity contribution in [1.82, 2.24) is 25.3 Å². The molecule has 0 atom stereocenters. The van der Waals surface area contributed by atoms with Crippen molar-refractivity contribution < 1.29 is 27.5 Å². The van der Waals surface area contributed by atoms with Crippen molar-refractivity contribution in [2.24, 2.45) is 12.0 Å². The van der Waals surface area contributed by atoms with E-state index >= 15 is 0 Å². The molecular formula is C22H15Cl2F4N7O2. The number of hydrogen-bond acceptors (Lipinski definition) is 5. The van der Waals surface area contributed by atoms with Gasteiger partial charge in [0.2, 0.25) is 5.96 Å². The van der Waals surface area contributed by atoms with Crippen molar-refractivity contribution in [3.05, 3.63) is 75.8 Å². The summed E-state index contributed by atoms with van der Waals surface area (Å²) < 4.78 is 54.8. The molecule has 0 radical (unpaired) electrons. The topological polar surface area (TPSA) is 120 Å². The molecule has 0 saturated carbocycles. The van der Waals surface area contributed by atoms with Gasteiger partial charge in [0, 0.05) is 35.6 Å². The van der Waals surface area contributed by atoms with E-state index in [2.05, 4.69) is 30.9 Å². The van der Waals surface area contributed by atoms with Crippen molar-refractivity contribution in [2.75, 3.05) is 5.32 Å². The van der Waals surface area contributed by atoms with E-state index in [1.165, 1.54) is 37.4 Å². The lowest BCUT2D eigenvalue weighted by molar-refractivity contribution is -0.141. The third-order valence-corrected chi connectivity index (χ3v) is 5.28. The summed E-state index contributed by atoms with van der Waals surface area (Å²) in [6.45, 7) is 0. The summed E-state index contributed by atoms with van der Waals surface area (Å²) in [7, 11) is 1.23. The van der Waals surface area contributed by atoms with E-state index in [1.807, 2.05) is 0 Å². The van der Waals surface area contributed by atoms with Crippen LogP contribution in [0, 0.1) is 5.82 Å². The number of rotatable bonds is 4. The number of carbonyl (C=O) groups excluding carboxylic acids is 1. The van der Waals surface area contributed by atoms with Crippen LogP contribution < -0.4 is 10.6 Å². The Balaban J connectivity index is 1.71. The molecule has 192 valence electrons. The Hall–Kier alpha value is -4.10. The number of benzene rings is 2. The second-order valence-electron chi connectivity index (χ2n) is 7.56. The monoisotopic (exact) mass is 555 g/mol. The van der Waals surface area contributed by atoms with Gasteiger partial charge in [0.15, 0.2) is 11.5 Å². The van der Waals surface area contributed by atoms with Gasteiger partial charge in [-0.3, -0.25) is 19.9 Å². The predicted octanol–water partition coefficient (Wildman–Crippen LogP) is 5.51. The third kappa shape index (κ3) is 6.19. The lowest BCUT2D eigenvalue weighted by Crippen LogP contribution is -2.36. The molecule has 4 N–H and O–H groups in total. The van der Waals surface area contributed by atoms with Crippen LogP contribution in [0.15, 0.2) is 53.7 Å². The van der Waals surface area contributed by atoms with Gasteiger partial charge in [-0.2, -0.15) is 28.4 Å². The Labute approximate surface area is 215 Å². The van der Waals surface area contributed by atoms with Crippen LogP contribution in [0.3, 0.4) is 0 Å². The van der Waals surface area contributed by atoms with Crippen molar-refractivity contribution >= 4 is 46.6 Å². The first-order valence-corrected chi connectivity index (χ1v) is 10.9. The van der Waals surface area contributed by atoms with E-state index in [0.717, 1.165) is 23.0 Å². The molecule has 15 heteroatoms. The number of hydrogen-bond donors (Lipinski definition) is 4. The van der Waals surface area contributed by atoms with Crippen LogP contribution in [0.1, 0.15) is 16.1 Å². The Morgan fingerprint density at radius 2 is 1.92 bits per heavy atom. The molecule has 0 aliphatic carbocycles. The number of aromatic hydroxyl groups is 1. The van der Waals surface area contributed by atoms with E-state index in [4.69, 9.17) is 23.2 Å². The zero-order chi connectivity index (χ0) is 26.9. The molecule has 0 fully saturated rings. The first-order chi connectivity index (χ1) is 17.4. The minimum atomic E-state index is -4.90. The third-order valence-electron chi connectivity index (χ3n) is 4.73. The highest BCUT2D eigenvalue weighted by Gasteiger charge is 2.39. The first kappa shape index (κ1) is 26.0. The molecule has 4 aromatic rings. The highest BCUT2D eigenvalue weighted by atomic mass is 35.5. The zero-order valence-corrected chi connectivity index (χ0v) is 20.0. The molecule has 0 saturated heterocycles. The van der Waals surface area contributed by atoms with Gasteiger partial charge in [-0.25, -0.2) is 4.39 Å². The second-order valence-corrected chi connectivity index (χ2v) is 8.41. The Bertz CT molecular complexity index is 1490. The van der Waals surface area contributed by atoms with Gasteiger partial charge in [0.05, 0.1) is 16.3 Å². The Morgan fingerprint density at radius 3 is 2.62 bits per heavy atom.